The van der Waals surface area contributed by atoms with Gasteiger partial charge in [0.15, 0.2) is 0 Å². The lowest BCUT2D eigenvalue weighted by Crippen LogP contribution is -1.91. The second kappa shape index (κ2) is 31.2. The highest BCUT2D eigenvalue weighted by atomic mass is 35.7. The Labute approximate surface area is 224 Å². The average molecular weight is 535 g/mol. The number of hydrogen-bond acceptors (Lipinski definition) is 2. The van der Waals surface area contributed by atoms with Gasteiger partial charge in [-0.25, -0.2) is 9.79 Å². The monoisotopic (exact) mass is 533 g/mol. The van der Waals surface area contributed by atoms with Crippen molar-refractivity contribution in [1.29, 1.82) is 0 Å². The molecule has 0 atom stereocenters. The Morgan fingerprint density at radius 2 is 0.647 bits per heavy atom. The van der Waals surface area contributed by atoms with Crippen LogP contribution in [0.15, 0.2) is 4.99 Å². The number of unbranched alkanes of at least 4 members (excludes halogenated alkanes) is 25. The van der Waals surface area contributed by atoms with Crippen molar-refractivity contribution >= 4 is 35.7 Å². The first-order valence-corrected chi connectivity index (χ1v) is 19.4. The van der Waals surface area contributed by atoms with Gasteiger partial charge in [-0.2, -0.15) is 22.2 Å². The zero-order valence-corrected chi connectivity index (χ0v) is 25.2. The molecule has 0 aromatic heterocycles. The fourth-order valence-corrected chi connectivity index (χ4v) is 6.30. The maximum atomic E-state index is 9.97. The molecule has 0 radical (unpaired) electrons. The lowest BCUT2D eigenvalue weighted by molar-refractivity contribution is 0.515. The van der Waals surface area contributed by atoms with Gasteiger partial charge in [0.25, 0.3) is 0 Å². The Morgan fingerprint density at radius 1 is 0.412 bits per heavy atom. The molecule has 0 saturated heterocycles. The maximum Gasteiger partial charge on any atom is 0.237 e. The molecule has 0 aliphatic heterocycles. The predicted molar refractivity (Wildman–Crippen MR) is 157 cm³/mol. The molecule has 0 aliphatic rings. The van der Waals surface area contributed by atoms with Crippen molar-refractivity contribution in [3.05, 3.63) is 0 Å². The topological polar surface area (TPSA) is 29.4 Å². The highest BCUT2D eigenvalue weighted by Crippen LogP contribution is 2.16. The third-order valence-electron chi connectivity index (χ3n) is 7.01. The largest absolute Gasteiger partial charge is 0.237 e. The van der Waals surface area contributed by atoms with E-state index in [0.717, 1.165) is 12.5 Å². The standard InChI is InChI=1S/C29H57Cl2NOSi/c30-34(31)28-26-24-22-20-18-16-14-12-10-8-6-4-2-1-3-5-7-9-11-13-15-17-19-21-23-25-27-32-29-33/h34H,1-28H2. The number of aliphatic imine (C=N–C) groups is 1. The molecule has 5 heteroatoms. The summed E-state index contributed by atoms with van der Waals surface area (Å²) < 4.78 is 0. The number of rotatable bonds is 29. The van der Waals surface area contributed by atoms with E-state index in [1.54, 1.807) is 6.08 Å². The molecule has 0 unspecified atom stereocenters. The number of carbonyl (C=O) groups excluding carboxylic acids is 1. The first kappa shape index (κ1) is 34.2. The Kier molecular flexibility index (Phi) is 31.4. The van der Waals surface area contributed by atoms with Crippen LogP contribution in [0.4, 0.5) is 0 Å². The lowest BCUT2D eigenvalue weighted by atomic mass is 10.0. The van der Waals surface area contributed by atoms with Crippen LogP contribution in [0, 0.1) is 0 Å². The van der Waals surface area contributed by atoms with Crippen LogP contribution >= 0.6 is 22.2 Å². The summed E-state index contributed by atoms with van der Waals surface area (Å²) in [6.45, 7) is 0.665. The van der Waals surface area contributed by atoms with Crippen molar-refractivity contribution in [1.82, 2.24) is 0 Å². The molecule has 0 heterocycles. The number of hydrogen-bond donors (Lipinski definition) is 0. The van der Waals surface area contributed by atoms with E-state index >= 15 is 0 Å². The Hall–Kier alpha value is 0.177. The molecule has 0 aromatic carbocycles. The van der Waals surface area contributed by atoms with Gasteiger partial charge in [-0.3, -0.25) is 0 Å². The molecule has 0 aliphatic carbocycles. The molecule has 0 spiro atoms. The van der Waals surface area contributed by atoms with Crippen molar-refractivity contribution in [2.45, 2.75) is 173 Å². The summed E-state index contributed by atoms with van der Waals surface area (Å²) in [5, 5.41) is 0. The minimum atomic E-state index is -1.34. The van der Waals surface area contributed by atoms with Gasteiger partial charge in [0.05, 0.1) is 6.54 Å². The van der Waals surface area contributed by atoms with Crippen molar-refractivity contribution < 1.29 is 4.79 Å². The maximum absolute atomic E-state index is 9.97. The second-order valence-electron chi connectivity index (χ2n) is 10.3. The van der Waals surface area contributed by atoms with Crippen LogP contribution in [0.1, 0.15) is 167 Å². The second-order valence-corrected chi connectivity index (χ2v) is 15.5. The van der Waals surface area contributed by atoms with Crippen molar-refractivity contribution in [3.8, 4) is 0 Å². The summed E-state index contributed by atoms with van der Waals surface area (Å²) in [5.74, 6) is 0. The molecule has 202 valence electrons. The van der Waals surface area contributed by atoms with Crippen LogP contribution in [-0.4, -0.2) is 20.0 Å². The number of nitrogens with zero attached hydrogens (tertiary/aromatic N) is 1. The fraction of sp³-hybridized carbons (Fsp3) is 0.966. The van der Waals surface area contributed by atoms with E-state index in [4.69, 9.17) is 22.2 Å². The highest BCUT2D eigenvalue weighted by Gasteiger charge is 2.00. The van der Waals surface area contributed by atoms with Crippen molar-refractivity contribution in [2.24, 2.45) is 4.99 Å². The van der Waals surface area contributed by atoms with Gasteiger partial charge in [0, 0.05) is 0 Å². The van der Waals surface area contributed by atoms with E-state index in [-0.39, 0.29) is 0 Å². The summed E-state index contributed by atoms with van der Waals surface area (Å²) in [6.07, 6.45) is 37.7. The van der Waals surface area contributed by atoms with Crippen LogP contribution < -0.4 is 0 Å². The third kappa shape index (κ3) is 32.2. The summed E-state index contributed by atoms with van der Waals surface area (Å²) in [5.41, 5.74) is 0. The summed E-state index contributed by atoms with van der Waals surface area (Å²) in [7, 11) is -1.34. The summed E-state index contributed by atoms with van der Waals surface area (Å²) >= 11 is 11.8. The SMILES string of the molecule is O=C=NCCCCCCCCCCCCCCCCCCCCCCCCCCCC[SiH](Cl)Cl. The number of halogens is 2. The van der Waals surface area contributed by atoms with Crippen LogP contribution in [0.3, 0.4) is 0 Å². The van der Waals surface area contributed by atoms with Crippen molar-refractivity contribution in [2.75, 3.05) is 6.54 Å². The van der Waals surface area contributed by atoms with E-state index < -0.39 is 7.42 Å². The van der Waals surface area contributed by atoms with E-state index in [9.17, 15) is 4.79 Å². The van der Waals surface area contributed by atoms with Gasteiger partial charge < -0.3 is 0 Å². The lowest BCUT2D eigenvalue weighted by Gasteiger charge is -2.04. The van der Waals surface area contributed by atoms with E-state index in [2.05, 4.69) is 4.99 Å². The average Bonchev–Trinajstić information content (AvgIpc) is 2.83. The van der Waals surface area contributed by atoms with Gasteiger partial charge in [-0.1, -0.05) is 161 Å². The smallest absolute Gasteiger partial charge is 0.211 e. The fourth-order valence-electron chi connectivity index (χ4n) is 4.78. The molecule has 2 nitrogen and oxygen atoms in total. The summed E-state index contributed by atoms with van der Waals surface area (Å²) in [4.78, 5) is 13.6. The first-order valence-electron chi connectivity index (χ1n) is 15.1. The molecule has 0 rings (SSSR count). The number of isocyanates is 1. The first-order chi connectivity index (χ1) is 16.8. The zero-order chi connectivity index (χ0) is 24.8. The van der Waals surface area contributed by atoms with Crippen molar-refractivity contribution in [3.63, 3.8) is 0 Å². The molecule has 0 amide bonds. The van der Waals surface area contributed by atoms with E-state index in [0.29, 0.717) is 6.54 Å². The minimum absolute atomic E-state index is 0.665. The Morgan fingerprint density at radius 3 is 0.882 bits per heavy atom. The highest BCUT2D eigenvalue weighted by molar-refractivity contribution is 7.33. The van der Waals surface area contributed by atoms with Gasteiger partial charge in [-0.15, -0.1) is 0 Å². The van der Waals surface area contributed by atoms with Crippen LogP contribution in [-0.2, 0) is 4.79 Å². The molecule has 0 bridgehead atoms. The van der Waals surface area contributed by atoms with Gasteiger partial charge >= 0.3 is 0 Å². The van der Waals surface area contributed by atoms with E-state index in [1.165, 1.54) is 161 Å². The molecule has 0 N–H and O–H groups in total. The van der Waals surface area contributed by atoms with Crippen LogP contribution in [0.2, 0.25) is 6.04 Å². The zero-order valence-electron chi connectivity index (χ0n) is 22.5. The Bertz CT molecular complexity index is 430. The normalized spacial score (nSPS) is 11.3. The van der Waals surface area contributed by atoms with E-state index in [1.807, 2.05) is 0 Å². The molecule has 0 saturated carbocycles. The van der Waals surface area contributed by atoms with Gasteiger partial charge in [0.2, 0.25) is 13.5 Å². The molecule has 0 aromatic rings. The third-order valence-corrected chi connectivity index (χ3v) is 9.16. The Balaban J connectivity index is 3.02. The molecule has 0 fully saturated rings. The molecule has 34 heavy (non-hydrogen) atoms. The van der Waals surface area contributed by atoms with Gasteiger partial charge in [-0.05, 0) is 12.5 Å². The summed E-state index contributed by atoms with van der Waals surface area (Å²) in [6, 6.07) is 1.09. The van der Waals surface area contributed by atoms with Crippen LogP contribution in [0.5, 0.6) is 0 Å². The van der Waals surface area contributed by atoms with Crippen LogP contribution in [0.25, 0.3) is 0 Å². The quantitative estimate of drug-likeness (QED) is 0.0308. The molecular formula is C29H57Cl2NOSi. The molecular weight excluding hydrogens is 477 g/mol. The minimum Gasteiger partial charge on any atom is -0.211 e. The van der Waals surface area contributed by atoms with Gasteiger partial charge in [0.1, 0.15) is 0 Å². The predicted octanol–water partition coefficient (Wildman–Crippen LogP) is 11.2.